The molecule has 90 valence electrons. The molecule has 0 atom stereocenters. The highest BCUT2D eigenvalue weighted by Gasteiger charge is 2.12. The van der Waals surface area contributed by atoms with Gasteiger partial charge in [-0.25, -0.2) is 4.98 Å². The SMILES string of the molecule is CC(C)c1ccc2cc(C(=O)N(C)C)[nH]c2n1. The number of carbonyl (C=O) groups excluding carboxylic acids is 1. The van der Waals surface area contributed by atoms with Crippen molar-refractivity contribution in [1.29, 1.82) is 0 Å². The summed E-state index contributed by atoms with van der Waals surface area (Å²) in [6.45, 7) is 4.20. The fraction of sp³-hybridized carbons (Fsp3) is 0.385. The van der Waals surface area contributed by atoms with E-state index in [1.54, 1.807) is 19.0 Å². The van der Waals surface area contributed by atoms with Crippen LogP contribution < -0.4 is 0 Å². The number of nitrogens with one attached hydrogen (secondary N) is 1. The van der Waals surface area contributed by atoms with Crippen LogP contribution in [0.2, 0.25) is 0 Å². The van der Waals surface area contributed by atoms with Crippen molar-refractivity contribution in [2.75, 3.05) is 14.1 Å². The standard InChI is InChI=1S/C13H17N3O/c1-8(2)10-6-5-9-7-11(13(17)16(3)4)15-12(9)14-10/h5-8H,1-4H3,(H,14,15). The summed E-state index contributed by atoms with van der Waals surface area (Å²) in [4.78, 5) is 20.9. The third-order valence-electron chi connectivity index (χ3n) is 2.73. The van der Waals surface area contributed by atoms with E-state index in [9.17, 15) is 4.79 Å². The van der Waals surface area contributed by atoms with Crippen LogP contribution in [0, 0.1) is 0 Å². The normalized spacial score (nSPS) is 11.1. The molecule has 0 unspecified atom stereocenters. The number of aromatic nitrogens is 2. The molecule has 0 bridgehead atoms. The Hall–Kier alpha value is -1.84. The summed E-state index contributed by atoms with van der Waals surface area (Å²) >= 11 is 0. The zero-order valence-corrected chi connectivity index (χ0v) is 10.6. The van der Waals surface area contributed by atoms with Crippen LogP contribution in [0.25, 0.3) is 11.0 Å². The summed E-state index contributed by atoms with van der Waals surface area (Å²) in [5.41, 5.74) is 2.39. The second-order valence-electron chi connectivity index (χ2n) is 4.71. The van der Waals surface area contributed by atoms with Crippen molar-refractivity contribution in [3.8, 4) is 0 Å². The van der Waals surface area contributed by atoms with Crippen LogP contribution in [0.1, 0.15) is 35.9 Å². The van der Waals surface area contributed by atoms with Gasteiger partial charge in [0.2, 0.25) is 0 Å². The first-order valence-corrected chi connectivity index (χ1v) is 5.70. The van der Waals surface area contributed by atoms with E-state index in [1.165, 1.54) is 0 Å². The molecule has 0 saturated heterocycles. The quantitative estimate of drug-likeness (QED) is 0.862. The molecule has 1 amide bonds. The summed E-state index contributed by atoms with van der Waals surface area (Å²) in [5, 5.41) is 0.972. The number of hydrogen-bond acceptors (Lipinski definition) is 2. The molecule has 17 heavy (non-hydrogen) atoms. The molecule has 0 aliphatic rings. The molecule has 2 heterocycles. The molecule has 4 heteroatoms. The molecule has 1 N–H and O–H groups in total. The number of nitrogens with zero attached hydrogens (tertiary/aromatic N) is 2. The molecular weight excluding hydrogens is 214 g/mol. The monoisotopic (exact) mass is 231 g/mol. The summed E-state index contributed by atoms with van der Waals surface area (Å²) in [6.07, 6.45) is 0. The third kappa shape index (κ3) is 2.16. The first kappa shape index (κ1) is 11.6. The lowest BCUT2D eigenvalue weighted by atomic mass is 10.1. The van der Waals surface area contributed by atoms with E-state index < -0.39 is 0 Å². The highest BCUT2D eigenvalue weighted by Crippen LogP contribution is 2.18. The van der Waals surface area contributed by atoms with Gasteiger partial charge in [-0.15, -0.1) is 0 Å². The van der Waals surface area contributed by atoms with Crippen molar-refractivity contribution in [2.45, 2.75) is 19.8 Å². The molecule has 0 spiro atoms. The van der Waals surface area contributed by atoms with Crippen LogP contribution in [0.15, 0.2) is 18.2 Å². The molecule has 0 radical (unpaired) electrons. The van der Waals surface area contributed by atoms with Crippen molar-refractivity contribution in [3.63, 3.8) is 0 Å². The van der Waals surface area contributed by atoms with Crippen LogP contribution >= 0.6 is 0 Å². The maximum absolute atomic E-state index is 11.8. The van der Waals surface area contributed by atoms with Gasteiger partial charge in [0.25, 0.3) is 5.91 Å². The Labute approximate surface area is 101 Å². The lowest BCUT2D eigenvalue weighted by molar-refractivity contribution is 0.0823. The van der Waals surface area contributed by atoms with E-state index in [0.29, 0.717) is 11.6 Å². The second-order valence-corrected chi connectivity index (χ2v) is 4.71. The summed E-state index contributed by atoms with van der Waals surface area (Å²) in [5.74, 6) is 0.352. The number of pyridine rings is 1. The molecule has 2 aromatic heterocycles. The Kier molecular flexibility index (Phi) is 2.88. The van der Waals surface area contributed by atoms with Crippen molar-refractivity contribution < 1.29 is 4.79 Å². The fourth-order valence-electron chi connectivity index (χ4n) is 1.70. The Morgan fingerprint density at radius 1 is 1.35 bits per heavy atom. The molecule has 2 aromatic rings. The van der Waals surface area contributed by atoms with Gasteiger partial charge < -0.3 is 9.88 Å². The van der Waals surface area contributed by atoms with E-state index >= 15 is 0 Å². The summed E-state index contributed by atoms with van der Waals surface area (Å²) < 4.78 is 0. The van der Waals surface area contributed by atoms with Crippen molar-refractivity contribution in [3.05, 3.63) is 29.6 Å². The van der Waals surface area contributed by atoms with Crippen LogP contribution in [-0.2, 0) is 0 Å². The second kappa shape index (κ2) is 4.20. The number of carbonyl (C=O) groups is 1. The average molecular weight is 231 g/mol. The zero-order valence-electron chi connectivity index (χ0n) is 10.6. The Balaban J connectivity index is 2.47. The molecule has 4 nitrogen and oxygen atoms in total. The topological polar surface area (TPSA) is 49.0 Å². The Bertz CT molecular complexity index is 555. The van der Waals surface area contributed by atoms with Crippen LogP contribution in [-0.4, -0.2) is 34.9 Å². The first-order chi connectivity index (χ1) is 7.99. The van der Waals surface area contributed by atoms with Gasteiger partial charge in [-0.2, -0.15) is 0 Å². The Morgan fingerprint density at radius 3 is 2.65 bits per heavy atom. The van der Waals surface area contributed by atoms with Crippen LogP contribution in [0.5, 0.6) is 0 Å². The van der Waals surface area contributed by atoms with E-state index in [4.69, 9.17) is 0 Å². The van der Waals surface area contributed by atoms with Crippen LogP contribution in [0.4, 0.5) is 0 Å². The highest BCUT2D eigenvalue weighted by atomic mass is 16.2. The maximum atomic E-state index is 11.8. The predicted octanol–water partition coefficient (Wildman–Crippen LogP) is 2.39. The van der Waals surface area contributed by atoms with Crippen LogP contribution in [0.3, 0.4) is 0 Å². The minimum atomic E-state index is -0.0332. The molecule has 2 rings (SSSR count). The van der Waals surface area contributed by atoms with Gasteiger partial charge in [0.05, 0.1) is 0 Å². The minimum absolute atomic E-state index is 0.0332. The van der Waals surface area contributed by atoms with Gasteiger partial charge in [-0.1, -0.05) is 13.8 Å². The third-order valence-corrected chi connectivity index (χ3v) is 2.73. The van der Waals surface area contributed by atoms with Gasteiger partial charge >= 0.3 is 0 Å². The summed E-state index contributed by atoms with van der Waals surface area (Å²) in [7, 11) is 3.47. The number of fused-ring (bicyclic) bond motifs is 1. The fourth-order valence-corrected chi connectivity index (χ4v) is 1.70. The van der Waals surface area contributed by atoms with Gasteiger partial charge in [0.15, 0.2) is 0 Å². The Morgan fingerprint density at radius 2 is 2.06 bits per heavy atom. The van der Waals surface area contributed by atoms with Gasteiger partial charge in [0, 0.05) is 25.2 Å². The number of hydrogen-bond donors (Lipinski definition) is 1. The van der Waals surface area contributed by atoms with E-state index in [-0.39, 0.29) is 5.91 Å². The molecule has 0 aliphatic carbocycles. The zero-order chi connectivity index (χ0) is 12.6. The van der Waals surface area contributed by atoms with Gasteiger partial charge in [-0.3, -0.25) is 4.79 Å². The molecule has 0 fully saturated rings. The minimum Gasteiger partial charge on any atom is -0.344 e. The number of rotatable bonds is 2. The van der Waals surface area contributed by atoms with Crippen molar-refractivity contribution in [1.82, 2.24) is 14.9 Å². The predicted molar refractivity (Wildman–Crippen MR) is 68.2 cm³/mol. The number of aromatic amines is 1. The molecule has 0 aliphatic heterocycles. The average Bonchev–Trinajstić information content (AvgIpc) is 2.69. The highest BCUT2D eigenvalue weighted by molar-refractivity contribution is 5.96. The van der Waals surface area contributed by atoms with E-state index in [0.717, 1.165) is 16.7 Å². The number of amides is 1. The lowest BCUT2D eigenvalue weighted by Gasteiger charge is -2.07. The van der Waals surface area contributed by atoms with E-state index in [2.05, 4.69) is 23.8 Å². The van der Waals surface area contributed by atoms with Crippen molar-refractivity contribution >= 4 is 16.9 Å². The number of H-pyrrole nitrogens is 1. The lowest BCUT2D eigenvalue weighted by Crippen LogP contribution is -2.21. The smallest absolute Gasteiger partial charge is 0.269 e. The van der Waals surface area contributed by atoms with Gasteiger partial charge in [0.1, 0.15) is 11.3 Å². The molecule has 0 saturated carbocycles. The van der Waals surface area contributed by atoms with E-state index in [1.807, 2.05) is 18.2 Å². The first-order valence-electron chi connectivity index (χ1n) is 5.70. The summed E-state index contributed by atoms with van der Waals surface area (Å²) in [6, 6.07) is 5.85. The largest absolute Gasteiger partial charge is 0.344 e. The molecule has 0 aromatic carbocycles. The maximum Gasteiger partial charge on any atom is 0.269 e. The van der Waals surface area contributed by atoms with Gasteiger partial charge in [-0.05, 0) is 24.1 Å². The molecular formula is C13H17N3O. The van der Waals surface area contributed by atoms with Crippen molar-refractivity contribution in [2.24, 2.45) is 0 Å².